The molecule has 0 radical (unpaired) electrons. The summed E-state index contributed by atoms with van der Waals surface area (Å²) in [5.74, 6) is -2.60. The third kappa shape index (κ3) is 4.22. The third-order valence-corrected chi connectivity index (χ3v) is 4.56. The van der Waals surface area contributed by atoms with Crippen LogP contribution in [0.5, 0.6) is 0 Å². The molecule has 0 aliphatic rings. The highest BCUT2D eigenvalue weighted by molar-refractivity contribution is 5.97. The van der Waals surface area contributed by atoms with Crippen molar-refractivity contribution in [2.75, 3.05) is 7.11 Å². The summed E-state index contributed by atoms with van der Waals surface area (Å²) in [6, 6.07) is 6.51. The van der Waals surface area contributed by atoms with Gasteiger partial charge in [-0.3, -0.25) is 9.36 Å². The van der Waals surface area contributed by atoms with E-state index in [0.29, 0.717) is 16.0 Å². The van der Waals surface area contributed by atoms with Crippen LogP contribution in [0.4, 0.5) is 17.6 Å². The van der Waals surface area contributed by atoms with Crippen molar-refractivity contribution >= 4 is 5.91 Å². The second kappa shape index (κ2) is 8.34. The second-order valence-electron chi connectivity index (χ2n) is 7.22. The summed E-state index contributed by atoms with van der Waals surface area (Å²) >= 11 is 0. The fraction of sp³-hybridized carbons (Fsp3) is 0.450. The van der Waals surface area contributed by atoms with E-state index in [9.17, 15) is 22.4 Å². The van der Waals surface area contributed by atoms with E-state index in [1.54, 1.807) is 18.2 Å². The van der Waals surface area contributed by atoms with E-state index in [0.717, 1.165) is 6.42 Å². The number of alkyl halides is 3. The lowest BCUT2D eigenvalue weighted by Crippen LogP contribution is -2.19. The highest BCUT2D eigenvalue weighted by atomic mass is 19.4. The monoisotopic (exact) mass is 400 g/mol. The predicted octanol–water partition coefficient (Wildman–Crippen LogP) is 5.17. The predicted molar refractivity (Wildman–Crippen MR) is 98.2 cm³/mol. The minimum atomic E-state index is -4.98. The Morgan fingerprint density at radius 3 is 2.32 bits per heavy atom. The lowest BCUT2D eigenvalue weighted by Gasteiger charge is -2.21. The maximum atomic E-state index is 14.8. The van der Waals surface area contributed by atoms with Crippen molar-refractivity contribution in [3.8, 4) is 11.3 Å². The largest absolute Gasteiger partial charge is 0.419 e. The van der Waals surface area contributed by atoms with Crippen LogP contribution < -0.4 is 5.73 Å². The summed E-state index contributed by atoms with van der Waals surface area (Å²) in [6.07, 6.45) is -4.25. The van der Waals surface area contributed by atoms with Gasteiger partial charge in [-0.25, -0.2) is 0 Å². The molecule has 2 aromatic rings. The van der Waals surface area contributed by atoms with E-state index >= 15 is 0 Å². The summed E-state index contributed by atoms with van der Waals surface area (Å²) in [5, 5.41) is 0. The highest BCUT2D eigenvalue weighted by Crippen LogP contribution is 2.44. The molecule has 0 saturated heterocycles. The van der Waals surface area contributed by atoms with Gasteiger partial charge in [0.1, 0.15) is 12.3 Å². The van der Waals surface area contributed by atoms with Crippen molar-refractivity contribution in [2.24, 2.45) is 11.7 Å². The summed E-state index contributed by atoms with van der Waals surface area (Å²) in [7, 11) is 1.23. The Morgan fingerprint density at radius 2 is 1.82 bits per heavy atom. The Balaban J connectivity index is 2.89. The first kappa shape index (κ1) is 21.9. The molecule has 1 atom stereocenters. The van der Waals surface area contributed by atoms with Gasteiger partial charge < -0.3 is 10.5 Å². The number of hydrogen-bond donors (Lipinski definition) is 1. The number of aromatic nitrogens is 1. The third-order valence-electron chi connectivity index (χ3n) is 4.56. The molecule has 0 aliphatic carbocycles. The van der Waals surface area contributed by atoms with Crippen molar-refractivity contribution in [2.45, 2.75) is 46.0 Å². The Kier molecular flexibility index (Phi) is 6.54. The van der Waals surface area contributed by atoms with Crippen LogP contribution in [0.15, 0.2) is 24.3 Å². The summed E-state index contributed by atoms with van der Waals surface area (Å²) in [5.41, 5.74) is 2.93. The first-order valence-corrected chi connectivity index (χ1v) is 8.87. The summed E-state index contributed by atoms with van der Waals surface area (Å²) < 4.78 is 62.2. The molecule has 1 aromatic carbocycles. The molecule has 0 bridgehead atoms. The molecule has 1 unspecified atom stereocenters. The molecule has 2 rings (SSSR count). The van der Waals surface area contributed by atoms with E-state index < -0.39 is 41.6 Å². The van der Waals surface area contributed by atoms with Crippen LogP contribution in [0.25, 0.3) is 11.3 Å². The van der Waals surface area contributed by atoms with Gasteiger partial charge in [0.15, 0.2) is 0 Å². The van der Waals surface area contributed by atoms with Crippen LogP contribution in [-0.4, -0.2) is 17.6 Å². The zero-order valence-electron chi connectivity index (χ0n) is 16.2. The van der Waals surface area contributed by atoms with E-state index in [4.69, 9.17) is 10.5 Å². The van der Waals surface area contributed by atoms with Crippen molar-refractivity contribution in [1.82, 2.24) is 4.57 Å². The molecule has 0 spiro atoms. The van der Waals surface area contributed by atoms with Gasteiger partial charge in [-0.05, 0) is 23.8 Å². The molecule has 1 heterocycles. The SMILES string of the molecule is COCn1c(F)c(C(N)=O)c(C(F)(F)F)c1-c1ccccc1C(C)CC(C)C. The van der Waals surface area contributed by atoms with Crippen LogP contribution in [0.1, 0.15) is 54.6 Å². The van der Waals surface area contributed by atoms with Crippen LogP contribution in [0, 0.1) is 11.9 Å². The average Bonchev–Trinajstić information content (AvgIpc) is 2.88. The smallest absolute Gasteiger partial charge is 0.365 e. The first-order valence-electron chi connectivity index (χ1n) is 8.87. The van der Waals surface area contributed by atoms with Gasteiger partial charge in [-0.2, -0.15) is 17.6 Å². The van der Waals surface area contributed by atoms with Gasteiger partial charge in [0.05, 0.1) is 11.3 Å². The number of carbonyl (C=O) groups excluding carboxylic acids is 1. The fourth-order valence-electron chi connectivity index (χ4n) is 3.60. The van der Waals surface area contributed by atoms with Crippen LogP contribution in [0.3, 0.4) is 0 Å². The number of halogens is 4. The van der Waals surface area contributed by atoms with E-state index in [-0.39, 0.29) is 11.5 Å². The van der Waals surface area contributed by atoms with Crippen LogP contribution >= 0.6 is 0 Å². The normalized spacial score (nSPS) is 13.2. The van der Waals surface area contributed by atoms with E-state index in [1.807, 2.05) is 20.8 Å². The molecular formula is C20H24F4N2O2. The standard InChI is InChI=1S/C20H24F4N2O2/c1-11(2)9-12(3)13-7-5-6-8-14(13)17-16(20(22,23)24)15(19(25)27)18(21)26(17)10-28-4/h5-8,11-12H,9-10H2,1-4H3,(H2,25,27). The minimum absolute atomic E-state index is 0.0803. The highest BCUT2D eigenvalue weighted by Gasteiger charge is 2.44. The minimum Gasteiger partial charge on any atom is -0.365 e. The first-order chi connectivity index (χ1) is 13.0. The summed E-state index contributed by atoms with van der Waals surface area (Å²) in [6.45, 7) is 5.43. The molecule has 0 aliphatic heterocycles. The van der Waals surface area contributed by atoms with Gasteiger partial charge in [0.2, 0.25) is 5.95 Å². The van der Waals surface area contributed by atoms with Crippen molar-refractivity contribution in [3.63, 3.8) is 0 Å². The lowest BCUT2D eigenvalue weighted by atomic mass is 9.87. The number of rotatable bonds is 7. The van der Waals surface area contributed by atoms with Crippen LogP contribution in [-0.2, 0) is 17.6 Å². The molecule has 0 saturated carbocycles. The molecule has 8 heteroatoms. The zero-order chi connectivity index (χ0) is 21.2. The average molecular weight is 400 g/mol. The van der Waals surface area contributed by atoms with Gasteiger partial charge in [0.25, 0.3) is 5.91 Å². The maximum absolute atomic E-state index is 14.8. The Hall–Kier alpha value is -2.35. The number of nitrogens with two attached hydrogens (primary N) is 1. The van der Waals surface area contributed by atoms with Crippen LogP contribution in [0.2, 0.25) is 0 Å². The Morgan fingerprint density at radius 1 is 1.21 bits per heavy atom. The number of benzene rings is 1. The molecule has 154 valence electrons. The molecule has 2 N–H and O–H groups in total. The number of methoxy groups -OCH3 is 1. The van der Waals surface area contributed by atoms with Gasteiger partial charge in [-0.1, -0.05) is 45.0 Å². The van der Waals surface area contributed by atoms with Crippen molar-refractivity contribution in [1.29, 1.82) is 0 Å². The maximum Gasteiger partial charge on any atom is 0.419 e. The molecular weight excluding hydrogens is 376 g/mol. The number of hydrogen-bond acceptors (Lipinski definition) is 2. The zero-order valence-corrected chi connectivity index (χ0v) is 16.2. The van der Waals surface area contributed by atoms with E-state index in [2.05, 4.69) is 0 Å². The topological polar surface area (TPSA) is 57.2 Å². The molecule has 28 heavy (non-hydrogen) atoms. The van der Waals surface area contributed by atoms with Crippen molar-refractivity contribution in [3.05, 3.63) is 46.9 Å². The number of primary amides is 1. The van der Waals surface area contributed by atoms with Gasteiger partial charge in [0, 0.05) is 12.7 Å². The van der Waals surface area contributed by atoms with Gasteiger partial charge in [-0.15, -0.1) is 0 Å². The quantitative estimate of drug-likeness (QED) is 0.652. The van der Waals surface area contributed by atoms with E-state index in [1.165, 1.54) is 13.2 Å². The van der Waals surface area contributed by atoms with Gasteiger partial charge >= 0.3 is 6.18 Å². The Bertz CT molecular complexity index is 857. The second-order valence-corrected chi connectivity index (χ2v) is 7.22. The van der Waals surface area contributed by atoms with Crippen molar-refractivity contribution < 1.29 is 27.1 Å². The molecule has 0 fully saturated rings. The number of nitrogens with zero attached hydrogens (tertiary/aromatic N) is 1. The lowest BCUT2D eigenvalue weighted by molar-refractivity contribution is -0.137. The summed E-state index contributed by atoms with van der Waals surface area (Å²) in [4.78, 5) is 11.7. The number of ether oxygens (including phenoxy) is 1. The Labute approximate surface area is 161 Å². The number of amides is 1. The molecule has 1 amide bonds. The molecule has 1 aromatic heterocycles. The molecule has 4 nitrogen and oxygen atoms in total. The fourth-order valence-corrected chi connectivity index (χ4v) is 3.60. The number of carbonyl (C=O) groups is 1.